The number of cyclic esters (lactones) is 1. The Kier molecular flexibility index (Phi) is 7.73. The molecule has 0 atom stereocenters. The largest absolute Gasteiger partial charge is 0.410 e. The van der Waals surface area contributed by atoms with Gasteiger partial charge in [0.1, 0.15) is 0 Å². The highest BCUT2D eigenvalue weighted by Crippen LogP contribution is 2.23. The van der Waals surface area contributed by atoms with E-state index in [0.717, 1.165) is 12.0 Å². The molecule has 0 aromatic heterocycles. The van der Waals surface area contributed by atoms with Crippen molar-refractivity contribution in [2.24, 2.45) is 0 Å². The van der Waals surface area contributed by atoms with Gasteiger partial charge in [-0.2, -0.15) is 0 Å². The summed E-state index contributed by atoms with van der Waals surface area (Å²) < 4.78 is 4.98. The summed E-state index contributed by atoms with van der Waals surface area (Å²) in [6, 6.07) is 5.94. The van der Waals surface area contributed by atoms with Crippen molar-refractivity contribution in [3.63, 3.8) is 0 Å². The molecular formula is C20H28O2S. The van der Waals surface area contributed by atoms with Gasteiger partial charge in [-0.1, -0.05) is 70.8 Å². The second-order valence-corrected chi connectivity index (χ2v) is 6.86. The second-order valence-electron chi connectivity index (χ2n) is 6.49. The van der Waals surface area contributed by atoms with Crippen LogP contribution in [0, 0.1) is 0 Å². The van der Waals surface area contributed by atoms with Crippen molar-refractivity contribution in [3.05, 3.63) is 34.9 Å². The van der Waals surface area contributed by atoms with E-state index in [9.17, 15) is 4.79 Å². The highest BCUT2D eigenvalue weighted by molar-refractivity contribution is 7.80. The number of aryl methyl sites for hydroxylation is 1. The SMILES string of the molecule is CCCCCCCCCCCCc1ccc2c(c1)C(=O)OC2=S. The molecule has 0 radical (unpaired) electrons. The van der Waals surface area contributed by atoms with Crippen molar-refractivity contribution in [2.45, 2.75) is 77.6 Å². The van der Waals surface area contributed by atoms with Crippen molar-refractivity contribution < 1.29 is 9.53 Å². The van der Waals surface area contributed by atoms with Gasteiger partial charge < -0.3 is 4.74 Å². The van der Waals surface area contributed by atoms with Crippen molar-refractivity contribution in [1.29, 1.82) is 0 Å². The van der Waals surface area contributed by atoms with Crippen molar-refractivity contribution in [1.82, 2.24) is 0 Å². The van der Waals surface area contributed by atoms with Crippen LogP contribution in [0.5, 0.6) is 0 Å². The molecule has 0 unspecified atom stereocenters. The molecule has 2 rings (SSSR count). The van der Waals surface area contributed by atoms with Gasteiger partial charge in [-0.3, -0.25) is 0 Å². The zero-order chi connectivity index (χ0) is 16.5. The lowest BCUT2D eigenvalue weighted by molar-refractivity contribution is 0.0741. The highest BCUT2D eigenvalue weighted by Gasteiger charge is 2.26. The molecule has 0 aliphatic carbocycles. The Hall–Kier alpha value is -1.22. The molecule has 0 saturated heterocycles. The van der Waals surface area contributed by atoms with Crippen LogP contribution < -0.4 is 0 Å². The van der Waals surface area contributed by atoms with Gasteiger partial charge in [-0.15, -0.1) is 0 Å². The average molecular weight is 333 g/mol. The molecule has 23 heavy (non-hydrogen) atoms. The van der Waals surface area contributed by atoms with Crippen LogP contribution in [0.1, 0.15) is 92.6 Å². The first-order valence-electron chi connectivity index (χ1n) is 9.12. The lowest BCUT2D eigenvalue weighted by atomic mass is 10.0. The van der Waals surface area contributed by atoms with E-state index in [2.05, 4.69) is 13.0 Å². The Labute approximate surface area is 145 Å². The number of thiocarbonyl (C=S) groups is 1. The van der Waals surface area contributed by atoms with E-state index >= 15 is 0 Å². The van der Waals surface area contributed by atoms with Crippen LogP contribution in [0.15, 0.2) is 18.2 Å². The monoisotopic (exact) mass is 332 g/mol. The van der Waals surface area contributed by atoms with Crippen molar-refractivity contribution in [3.8, 4) is 0 Å². The minimum absolute atomic E-state index is 0.296. The van der Waals surface area contributed by atoms with E-state index in [1.807, 2.05) is 12.1 Å². The van der Waals surface area contributed by atoms with Crippen LogP contribution in [-0.4, -0.2) is 11.0 Å². The fourth-order valence-electron chi connectivity index (χ4n) is 3.10. The van der Waals surface area contributed by atoms with Crippen molar-refractivity contribution >= 4 is 23.2 Å². The molecule has 2 nitrogen and oxygen atoms in total. The van der Waals surface area contributed by atoms with Gasteiger partial charge >= 0.3 is 5.97 Å². The molecule has 0 fully saturated rings. The highest BCUT2D eigenvalue weighted by atomic mass is 32.1. The molecule has 0 bridgehead atoms. The molecule has 1 aromatic rings. The van der Waals surface area contributed by atoms with Gasteiger partial charge in [0.15, 0.2) is 0 Å². The first-order chi connectivity index (χ1) is 11.2. The van der Waals surface area contributed by atoms with E-state index in [1.165, 1.54) is 69.8 Å². The zero-order valence-electron chi connectivity index (χ0n) is 14.2. The molecule has 1 heterocycles. The van der Waals surface area contributed by atoms with E-state index in [1.54, 1.807) is 0 Å². The molecule has 0 N–H and O–H groups in total. The molecule has 0 amide bonds. The third-order valence-electron chi connectivity index (χ3n) is 4.53. The van der Waals surface area contributed by atoms with Crippen LogP contribution >= 0.6 is 12.2 Å². The predicted octanol–water partition coefficient (Wildman–Crippen LogP) is 6.00. The lowest BCUT2D eigenvalue weighted by Gasteiger charge is -2.04. The van der Waals surface area contributed by atoms with Crippen LogP contribution in [0.4, 0.5) is 0 Å². The molecule has 0 saturated carbocycles. The van der Waals surface area contributed by atoms with Crippen LogP contribution in [0.3, 0.4) is 0 Å². The number of ether oxygens (including phenoxy) is 1. The second kappa shape index (κ2) is 9.82. The number of carbonyl (C=O) groups excluding carboxylic acids is 1. The Morgan fingerprint density at radius 3 is 2.13 bits per heavy atom. The fourth-order valence-corrected chi connectivity index (χ4v) is 3.36. The minimum atomic E-state index is -0.296. The van der Waals surface area contributed by atoms with E-state index in [0.29, 0.717) is 10.6 Å². The summed E-state index contributed by atoms with van der Waals surface area (Å²) in [5.41, 5.74) is 2.63. The normalized spacial score (nSPS) is 13.3. The summed E-state index contributed by atoms with van der Waals surface area (Å²) in [5, 5.41) is 0.315. The van der Waals surface area contributed by atoms with Gasteiger partial charge in [0.05, 0.1) is 5.56 Å². The smallest absolute Gasteiger partial charge is 0.345 e. The van der Waals surface area contributed by atoms with Gasteiger partial charge in [0, 0.05) is 5.56 Å². The first-order valence-corrected chi connectivity index (χ1v) is 9.52. The Bertz CT molecular complexity index is 536. The number of hydrogen-bond acceptors (Lipinski definition) is 3. The molecule has 1 aromatic carbocycles. The van der Waals surface area contributed by atoms with Gasteiger partial charge in [-0.25, -0.2) is 4.79 Å². The third-order valence-corrected chi connectivity index (χ3v) is 4.83. The van der Waals surface area contributed by atoms with E-state index in [4.69, 9.17) is 17.0 Å². The summed E-state index contributed by atoms with van der Waals surface area (Å²) >= 11 is 5.03. The van der Waals surface area contributed by atoms with Gasteiger partial charge in [-0.05, 0) is 42.8 Å². The molecule has 1 aliphatic heterocycles. The third kappa shape index (κ3) is 5.72. The molecule has 126 valence electrons. The first kappa shape index (κ1) is 18.1. The number of rotatable bonds is 11. The number of esters is 1. The summed E-state index contributed by atoms with van der Waals surface area (Å²) in [4.78, 5) is 11.7. The quantitative estimate of drug-likeness (QED) is 0.282. The van der Waals surface area contributed by atoms with Gasteiger partial charge in [0.2, 0.25) is 5.05 Å². The standard InChI is InChI=1S/C20H28O2S/c1-2-3-4-5-6-7-8-9-10-11-12-16-13-14-17-18(15-16)19(21)22-20(17)23/h13-15H,2-12H2,1H3. The van der Waals surface area contributed by atoms with E-state index in [-0.39, 0.29) is 5.97 Å². The van der Waals surface area contributed by atoms with E-state index < -0.39 is 0 Å². The topological polar surface area (TPSA) is 26.3 Å². The molecular weight excluding hydrogens is 304 g/mol. The maximum Gasteiger partial charge on any atom is 0.345 e. The number of hydrogen-bond donors (Lipinski definition) is 0. The number of carbonyl (C=O) groups is 1. The van der Waals surface area contributed by atoms with Crippen molar-refractivity contribution in [2.75, 3.05) is 0 Å². The Balaban J connectivity index is 1.58. The Morgan fingerprint density at radius 1 is 0.870 bits per heavy atom. The van der Waals surface area contributed by atoms with Crippen LogP contribution in [0.25, 0.3) is 0 Å². The van der Waals surface area contributed by atoms with Crippen LogP contribution in [0.2, 0.25) is 0 Å². The predicted molar refractivity (Wildman–Crippen MR) is 99.1 cm³/mol. The molecule has 3 heteroatoms. The maximum absolute atomic E-state index is 11.7. The summed E-state index contributed by atoms with van der Waals surface area (Å²) in [7, 11) is 0. The average Bonchev–Trinajstić information content (AvgIpc) is 2.83. The summed E-state index contributed by atoms with van der Waals surface area (Å²) in [5.74, 6) is -0.296. The zero-order valence-corrected chi connectivity index (χ0v) is 15.1. The maximum atomic E-state index is 11.7. The Morgan fingerprint density at radius 2 is 1.48 bits per heavy atom. The number of unbranched alkanes of at least 4 members (excludes halogenated alkanes) is 9. The lowest BCUT2D eigenvalue weighted by Crippen LogP contribution is -1.96. The molecule has 0 spiro atoms. The minimum Gasteiger partial charge on any atom is -0.410 e. The van der Waals surface area contributed by atoms with Gasteiger partial charge in [0.25, 0.3) is 0 Å². The fraction of sp³-hybridized carbons (Fsp3) is 0.600. The summed E-state index contributed by atoms with van der Waals surface area (Å²) in [6.45, 7) is 2.26. The summed E-state index contributed by atoms with van der Waals surface area (Å²) in [6.07, 6.45) is 14.5. The number of benzene rings is 1. The number of fused-ring (bicyclic) bond motifs is 1. The van der Waals surface area contributed by atoms with Crippen LogP contribution in [-0.2, 0) is 11.2 Å². The molecule has 1 aliphatic rings.